The molecule has 2 rings (SSSR count). The largest absolute Gasteiger partial charge is 0.355 e. The molecule has 0 saturated heterocycles. The van der Waals surface area contributed by atoms with Crippen molar-refractivity contribution >= 4 is 16.9 Å². The number of hydrogen-bond acceptors (Lipinski definition) is 3. The van der Waals surface area contributed by atoms with Crippen LogP contribution < -0.4 is 11.1 Å². The van der Waals surface area contributed by atoms with Crippen LogP contribution in [0, 0.1) is 5.41 Å². The number of nitrogens with one attached hydrogen (secondary N) is 1. The third kappa shape index (κ3) is 3.82. The first kappa shape index (κ1) is 15.5. The van der Waals surface area contributed by atoms with Gasteiger partial charge in [-0.25, -0.2) is 4.98 Å². The fourth-order valence-corrected chi connectivity index (χ4v) is 2.15. The number of hydrogen-bond donors (Lipinski definition) is 2. The van der Waals surface area contributed by atoms with E-state index in [1.54, 1.807) is 0 Å². The van der Waals surface area contributed by atoms with Crippen LogP contribution in [0.1, 0.15) is 27.2 Å². The van der Waals surface area contributed by atoms with Gasteiger partial charge in [0.15, 0.2) is 0 Å². The lowest BCUT2D eigenvalue weighted by molar-refractivity contribution is -0.124. The number of aryl methyl sites for hydroxylation is 1. The molecule has 5 nitrogen and oxygen atoms in total. The second-order valence-corrected chi connectivity index (χ2v) is 6.41. The molecule has 0 radical (unpaired) electrons. The van der Waals surface area contributed by atoms with Crippen molar-refractivity contribution in [3.8, 4) is 0 Å². The Morgan fingerprint density at radius 3 is 2.81 bits per heavy atom. The van der Waals surface area contributed by atoms with Crippen molar-refractivity contribution in [2.24, 2.45) is 11.1 Å². The smallest absolute Gasteiger partial charge is 0.237 e. The minimum absolute atomic E-state index is 0.0852. The highest BCUT2D eigenvalue weighted by atomic mass is 16.2. The summed E-state index contributed by atoms with van der Waals surface area (Å²) in [6.07, 6.45) is 2.69. The number of aromatic nitrogens is 2. The number of carbonyl (C=O) groups excluding carboxylic acids is 1. The Labute approximate surface area is 125 Å². The van der Waals surface area contributed by atoms with Crippen LogP contribution in [0.25, 0.3) is 11.0 Å². The number of rotatable bonds is 5. The van der Waals surface area contributed by atoms with Gasteiger partial charge in [-0.3, -0.25) is 4.79 Å². The normalized spacial score (nSPS) is 13.3. The Kier molecular flexibility index (Phi) is 4.63. The molecule has 0 aliphatic carbocycles. The van der Waals surface area contributed by atoms with Crippen LogP contribution in [0.3, 0.4) is 0 Å². The molecule has 21 heavy (non-hydrogen) atoms. The Morgan fingerprint density at radius 2 is 2.10 bits per heavy atom. The predicted molar refractivity (Wildman–Crippen MR) is 84.8 cm³/mol. The summed E-state index contributed by atoms with van der Waals surface area (Å²) in [6, 6.07) is 7.55. The number of benzene rings is 1. The van der Waals surface area contributed by atoms with Gasteiger partial charge in [-0.2, -0.15) is 0 Å². The van der Waals surface area contributed by atoms with Crippen molar-refractivity contribution in [1.29, 1.82) is 0 Å². The maximum absolute atomic E-state index is 11.9. The van der Waals surface area contributed by atoms with Crippen LogP contribution in [0.15, 0.2) is 30.6 Å². The molecule has 0 unspecified atom stereocenters. The van der Waals surface area contributed by atoms with E-state index in [0.29, 0.717) is 6.54 Å². The maximum Gasteiger partial charge on any atom is 0.237 e. The molecule has 0 aliphatic heterocycles. The van der Waals surface area contributed by atoms with E-state index in [-0.39, 0.29) is 11.3 Å². The molecule has 2 aromatic rings. The van der Waals surface area contributed by atoms with Gasteiger partial charge in [0.2, 0.25) is 5.91 Å². The number of amides is 1. The van der Waals surface area contributed by atoms with Gasteiger partial charge in [-0.1, -0.05) is 32.9 Å². The molecule has 3 N–H and O–H groups in total. The van der Waals surface area contributed by atoms with E-state index in [1.807, 2.05) is 45.3 Å². The van der Waals surface area contributed by atoms with E-state index in [1.165, 1.54) is 0 Å². The Hall–Kier alpha value is -1.88. The number of para-hydroxylation sites is 2. The Morgan fingerprint density at radius 1 is 1.38 bits per heavy atom. The van der Waals surface area contributed by atoms with Gasteiger partial charge in [0.1, 0.15) is 0 Å². The maximum atomic E-state index is 11.9. The monoisotopic (exact) mass is 288 g/mol. The van der Waals surface area contributed by atoms with Crippen molar-refractivity contribution in [2.45, 2.75) is 39.8 Å². The molecular formula is C16H24N4O. The van der Waals surface area contributed by atoms with Crippen molar-refractivity contribution in [2.75, 3.05) is 6.54 Å². The lowest BCUT2D eigenvalue weighted by Gasteiger charge is -2.25. The summed E-state index contributed by atoms with van der Waals surface area (Å²) in [5, 5.41) is 2.90. The highest BCUT2D eigenvalue weighted by Gasteiger charge is 2.26. The van der Waals surface area contributed by atoms with Crippen molar-refractivity contribution in [1.82, 2.24) is 14.9 Å². The Balaban J connectivity index is 1.81. The van der Waals surface area contributed by atoms with Crippen LogP contribution in [0.2, 0.25) is 0 Å². The van der Waals surface area contributed by atoms with E-state index < -0.39 is 6.04 Å². The second-order valence-electron chi connectivity index (χ2n) is 6.41. The second kappa shape index (κ2) is 6.26. The van der Waals surface area contributed by atoms with Gasteiger partial charge in [0, 0.05) is 13.1 Å². The molecule has 0 aliphatic rings. The molecule has 114 valence electrons. The number of nitrogens with zero attached hydrogens (tertiary/aromatic N) is 2. The molecule has 0 fully saturated rings. The third-order valence-electron chi connectivity index (χ3n) is 3.62. The molecule has 0 saturated carbocycles. The van der Waals surface area contributed by atoms with Crippen LogP contribution in [-0.4, -0.2) is 28.0 Å². The molecule has 1 atom stereocenters. The van der Waals surface area contributed by atoms with E-state index >= 15 is 0 Å². The van der Waals surface area contributed by atoms with Gasteiger partial charge in [-0.15, -0.1) is 0 Å². The van der Waals surface area contributed by atoms with E-state index in [0.717, 1.165) is 24.0 Å². The molecular weight excluding hydrogens is 264 g/mol. The first-order valence-electron chi connectivity index (χ1n) is 7.33. The van der Waals surface area contributed by atoms with Crippen LogP contribution in [0.4, 0.5) is 0 Å². The first-order chi connectivity index (χ1) is 9.89. The lowest BCUT2D eigenvalue weighted by Crippen LogP contribution is -2.48. The van der Waals surface area contributed by atoms with Crippen LogP contribution >= 0.6 is 0 Å². The standard InChI is InChI=1S/C16H24N4O/c1-16(2,3)14(17)15(21)18-9-6-10-20-11-19-12-7-4-5-8-13(12)20/h4-5,7-8,11,14H,6,9-10,17H2,1-3H3,(H,18,21)/t14-/m0/s1. The quantitative estimate of drug-likeness (QED) is 0.826. The van der Waals surface area contributed by atoms with E-state index in [4.69, 9.17) is 5.73 Å². The van der Waals surface area contributed by atoms with Gasteiger partial charge in [0.05, 0.1) is 23.4 Å². The van der Waals surface area contributed by atoms with Gasteiger partial charge >= 0.3 is 0 Å². The fourth-order valence-electron chi connectivity index (χ4n) is 2.15. The molecule has 1 aromatic carbocycles. The molecule has 1 amide bonds. The fraction of sp³-hybridized carbons (Fsp3) is 0.500. The molecule has 5 heteroatoms. The lowest BCUT2D eigenvalue weighted by atomic mass is 9.87. The summed E-state index contributed by atoms with van der Waals surface area (Å²) < 4.78 is 2.10. The number of nitrogens with two attached hydrogens (primary N) is 1. The molecule has 1 aromatic heterocycles. The van der Waals surface area contributed by atoms with E-state index in [9.17, 15) is 4.79 Å². The third-order valence-corrected chi connectivity index (χ3v) is 3.62. The van der Waals surface area contributed by atoms with Gasteiger partial charge in [0.25, 0.3) is 0 Å². The first-order valence-corrected chi connectivity index (χ1v) is 7.33. The molecule has 0 bridgehead atoms. The zero-order valence-electron chi connectivity index (χ0n) is 13.0. The summed E-state index contributed by atoms with van der Waals surface area (Å²) >= 11 is 0. The summed E-state index contributed by atoms with van der Waals surface area (Å²) in [6.45, 7) is 7.35. The highest BCUT2D eigenvalue weighted by molar-refractivity contribution is 5.82. The average Bonchev–Trinajstić information content (AvgIpc) is 2.85. The zero-order chi connectivity index (χ0) is 15.5. The van der Waals surface area contributed by atoms with Crippen molar-refractivity contribution in [3.63, 3.8) is 0 Å². The Bertz CT molecular complexity index is 612. The highest BCUT2D eigenvalue weighted by Crippen LogP contribution is 2.17. The minimum atomic E-state index is -0.480. The van der Waals surface area contributed by atoms with E-state index in [2.05, 4.69) is 20.9 Å². The van der Waals surface area contributed by atoms with Crippen LogP contribution in [0.5, 0.6) is 0 Å². The number of fused-ring (bicyclic) bond motifs is 1. The summed E-state index contributed by atoms with van der Waals surface area (Å²) in [7, 11) is 0. The topological polar surface area (TPSA) is 72.9 Å². The predicted octanol–water partition coefficient (Wildman–Crippen LogP) is 1.92. The SMILES string of the molecule is CC(C)(C)[C@@H](N)C(=O)NCCCn1cnc2ccccc21. The summed E-state index contributed by atoms with van der Waals surface area (Å²) in [4.78, 5) is 16.3. The zero-order valence-corrected chi connectivity index (χ0v) is 13.0. The average molecular weight is 288 g/mol. The van der Waals surface area contributed by atoms with Gasteiger partial charge in [-0.05, 0) is 24.0 Å². The number of imidazole rings is 1. The molecule has 1 heterocycles. The summed E-state index contributed by atoms with van der Waals surface area (Å²) in [5.74, 6) is -0.0852. The minimum Gasteiger partial charge on any atom is -0.355 e. The van der Waals surface area contributed by atoms with Crippen molar-refractivity contribution in [3.05, 3.63) is 30.6 Å². The van der Waals surface area contributed by atoms with Crippen molar-refractivity contribution < 1.29 is 4.79 Å². The number of carbonyl (C=O) groups is 1. The molecule has 0 spiro atoms. The van der Waals surface area contributed by atoms with Gasteiger partial charge < -0.3 is 15.6 Å². The summed E-state index contributed by atoms with van der Waals surface area (Å²) in [5.41, 5.74) is 7.82. The van der Waals surface area contributed by atoms with Crippen LogP contribution in [-0.2, 0) is 11.3 Å².